The number of rotatable bonds is 4. The van der Waals surface area contributed by atoms with Gasteiger partial charge in [-0.1, -0.05) is 0 Å². The average molecular weight is 349 g/mol. The number of hydrogen-bond acceptors (Lipinski definition) is 3. The van der Waals surface area contributed by atoms with Crippen LogP contribution in [0.5, 0.6) is 5.75 Å². The molecule has 2 aromatic carbocycles. The summed E-state index contributed by atoms with van der Waals surface area (Å²) < 4.78 is 31.4. The molecule has 1 aliphatic heterocycles. The summed E-state index contributed by atoms with van der Waals surface area (Å²) in [5, 5.41) is 0. The molecule has 1 heterocycles. The molecule has 3 nitrogen and oxygen atoms in total. The Kier molecular flexibility index (Phi) is 5.04. The van der Waals surface area contributed by atoms with Crippen molar-refractivity contribution < 1.29 is 18.3 Å². The van der Waals surface area contributed by atoms with Crippen molar-refractivity contribution in [2.24, 2.45) is 0 Å². The lowest BCUT2D eigenvalue weighted by atomic mass is 10.0. The fourth-order valence-electron chi connectivity index (χ4n) is 2.75. The number of benzene rings is 2. The van der Waals surface area contributed by atoms with Crippen molar-refractivity contribution in [3.63, 3.8) is 0 Å². The van der Waals surface area contributed by atoms with Crippen LogP contribution >= 0.6 is 11.8 Å². The Morgan fingerprint density at radius 2 is 2.04 bits per heavy atom. The zero-order valence-electron chi connectivity index (χ0n) is 13.2. The number of anilines is 1. The Hall–Kier alpha value is -2.08. The SMILES string of the molecule is COc1ccc2c(c1)CCCN2C(=O)CSc1ccc(F)c(F)c1. The predicted octanol–water partition coefficient (Wildman–Crippen LogP) is 4.04. The smallest absolute Gasteiger partial charge is 0.237 e. The molecule has 0 aliphatic carbocycles. The maximum absolute atomic E-state index is 13.2. The number of carbonyl (C=O) groups is 1. The lowest BCUT2D eigenvalue weighted by molar-refractivity contribution is -0.116. The first-order valence-electron chi connectivity index (χ1n) is 7.63. The molecular weight excluding hydrogens is 332 g/mol. The third-order valence-corrected chi connectivity index (χ3v) is 4.94. The second-order valence-electron chi connectivity index (χ2n) is 5.51. The molecule has 0 atom stereocenters. The van der Waals surface area contributed by atoms with Gasteiger partial charge in [-0.05, 0) is 54.8 Å². The Morgan fingerprint density at radius 3 is 2.79 bits per heavy atom. The lowest BCUT2D eigenvalue weighted by Crippen LogP contribution is -2.36. The summed E-state index contributed by atoms with van der Waals surface area (Å²) in [5.41, 5.74) is 1.99. The van der Waals surface area contributed by atoms with Gasteiger partial charge in [0.2, 0.25) is 5.91 Å². The minimum Gasteiger partial charge on any atom is -0.497 e. The van der Waals surface area contributed by atoms with Crippen molar-refractivity contribution in [3.05, 3.63) is 53.6 Å². The molecule has 126 valence electrons. The Labute approximate surface area is 143 Å². The second kappa shape index (κ2) is 7.21. The molecule has 24 heavy (non-hydrogen) atoms. The molecule has 0 unspecified atom stereocenters. The normalized spacial score (nSPS) is 13.5. The van der Waals surface area contributed by atoms with Crippen molar-refractivity contribution in [2.75, 3.05) is 24.3 Å². The number of hydrogen-bond donors (Lipinski definition) is 0. The van der Waals surface area contributed by atoms with Crippen LogP contribution in [0.4, 0.5) is 14.5 Å². The van der Waals surface area contributed by atoms with E-state index < -0.39 is 11.6 Å². The van der Waals surface area contributed by atoms with Crippen LogP contribution in [0.1, 0.15) is 12.0 Å². The first-order valence-corrected chi connectivity index (χ1v) is 8.62. The number of halogens is 2. The van der Waals surface area contributed by atoms with Crippen LogP contribution in [0.15, 0.2) is 41.3 Å². The van der Waals surface area contributed by atoms with Gasteiger partial charge in [-0.25, -0.2) is 8.78 Å². The quantitative estimate of drug-likeness (QED) is 0.780. The van der Waals surface area contributed by atoms with Gasteiger partial charge < -0.3 is 9.64 Å². The largest absolute Gasteiger partial charge is 0.497 e. The molecule has 0 saturated heterocycles. The van der Waals surface area contributed by atoms with E-state index >= 15 is 0 Å². The number of fused-ring (bicyclic) bond motifs is 1. The van der Waals surface area contributed by atoms with Crippen LogP contribution in [0.25, 0.3) is 0 Å². The second-order valence-corrected chi connectivity index (χ2v) is 6.56. The van der Waals surface area contributed by atoms with Crippen LogP contribution in [0.2, 0.25) is 0 Å². The minimum atomic E-state index is -0.900. The van der Waals surface area contributed by atoms with E-state index in [1.807, 2.05) is 18.2 Å². The van der Waals surface area contributed by atoms with Crippen molar-refractivity contribution in [2.45, 2.75) is 17.7 Å². The third kappa shape index (κ3) is 3.53. The van der Waals surface area contributed by atoms with Crippen molar-refractivity contribution >= 4 is 23.4 Å². The predicted molar refractivity (Wildman–Crippen MR) is 90.8 cm³/mol. The van der Waals surface area contributed by atoms with E-state index in [4.69, 9.17) is 4.74 Å². The minimum absolute atomic E-state index is 0.0455. The number of amides is 1. The molecule has 2 aromatic rings. The van der Waals surface area contributed by atoms with Gasteiger partial charge >= 0.3 is 0 Å². The number of nitrogens with zero attached hydrogens (tertiary/aromatic N) is 1. The van der Waals surface area contributed by atoms with E-state index in [0.29, 0.717) is 11.4 Å². The molecule has 6 heteroatoms. The van der Waals surface area contributed by atoms with Crippen molar-refractivity contribution in [1.82, 2.24) is 0 Å². The van der Waals surface area contributed by atoms with Gasteiger partial charge in [0.1, 0.15) is 5.75 Å². The van der Waals surface area contributed by atoms with Crippen LogP contribution in [0.3, 0.4) is 0 Å². The molecule has 0 spiro atoms. The van der Waals surface area contributed by atoms with E-state index in [-0.39, 0.29) is 11.7 Å². The van der Waals surface area contributed by atoms with E-state index in [1.165, 1.54) is 17.8 Å². The fraction of sp³-hybridized carbons (Fsp3) is 0.278. The summed E-state index contributed by atoms with van der Waals surface area (Å²) in [6, 6.07) is 9.36. The van der Waals surface area contributed by atoms with E-state index in [2.05, 4.69) is 0 Å². The molecule has 0 saturated carbocycles. The van der Waals surface area contributed by atoms with E-state index in [1.54, 1.807) is 12.0 Å². The number of thioether (sulfide) groups is 1. The van der Waals surface area contributed by atoms with Gasteiger partial charge in [-0.15, -0.1) is 11.8 Å². The number of carbonyl (C=O) groups excluding carboxylic acids is 1. The number of methoxy groups -OCH3 is 1. The Balaban J connectivity index is 1.71. The summed E-state index contributed by atoms with van der Waals surface area (Å²) in [7, 11) is 1.62. The zero-order valence-corrected chi connectivity index (χ0v) is 14.0. The highest BCUT2D eigenvalue weighted by Crippen LogP contribution is 2.31. The van der Waals surface area contributed by atoms with Crippen LogP contribution < -0.4 is 9.64 Å². The molecule has 3 rings (SSSR count). The summed E-state index contributed by atoms with van der Waals surface area (Å²) >= 11 is 1.20. The highest BCUT2D eigenvalue weighted by molar-refractivity contribution is 8.00. The van der Waals surface area contributed by atoms with E-state index in [0.717, 1.165) is 42.0 Å². The highest BCUT2D eigenvalue weighted by Gasteiger charge is 2.23. The Morgan fingerprint density at radius 1 is 1.21 bits per heavy atom. The van der Waals surface area contributed by atoms with Crippen LogP contribution in [0, 0.1) is 11.6 Å². The van der Waals surface area contributed by atoms with Gasteiger partial charge in [-0.3, -0.25) is 4.79 Å². The zero-order chi connectivity index (χ0) is 17.1. The standard InChI is InChI=1S/C18H17F2NO2S/c1-23-13-4-7-17-12(9-13)3-2-8-21(17)18(22)11-24-14-5-6-15(19)16(20)10-14/h4-7,9-10H,2-3,8,11H2,1H3. The van der Waals surface area contributed by atoms with Crippen molar-refractivity contribution in [1.29, 1.82) is 0 Å². The van der Waals surface area contributed by atoms with Gasteiger partial charge in [-0.2, -0.15) is 0 Å². The summed E-state index contributed by atoms with van der Waals surface area (Å²) in [5.74, 6) is -0.876. The molecule has 0 bridgehead atoms. The molecule has 1 aliphatic rings. The monoisotopic (exact) mass is 349 g/mol. The molecule has 0 N–H and O–H groups in total. The van der Waals surface area contributed by atoms with Gasteiger partial charge in [0.05, 0.1) is 12.9 Å². The lowest BCUT2D eigenvalue weighted by Gasteiger charge is -2.29. The average Bonchev–Trinajstić information content (AvgIpc) is 2.61. The first kappa shape index (κ1) is 16.8. The van der Waals surface area contributed by atoms with E-state index in [9.17, 15) is 13.6 Å². The molecule has 1 amide bonds. The van der Waals surface area contributed by atoms with Gasteiger partial charge in [0, 0.05) is 17.1 Å². The fourth-order valence-corrected chi connectivity index (χ4v) is 3.55. The highest BCUT2D eigenvalue weighted by atomic mass is 32.2. The van der Waals surface area contributed by atoms with Crippen LogP contribution in [-0.2, 0) is 11.2 Å². The van der Waals surface area contributed by atoms with Crippen molar-refractivity contribution in [3.8, 4) is 5.75 Å². The molecule has 0 aromatic heterocycles. The maximum atomic E-state index is 13.2. The summed E-state index contributed by atoms with van der Waals surface area (Å²) in [4.78, 5) is 14.8. The van der Waals surface area contributed by atoms with Crippen LogP contribution in [-0.4, -0.2) is 25.3 Å². The van der Waals surface area contributed by atoms with Gasteiger partial charge in [0.15, 0.2) is 11.6 Å². The topological polar surface area (TPSA) is 29.5 Å². The maximum Gasteiger partial charge on any atom is 0.237 e. The Bertz CT molecular complexity index is 767. The van der Waals surface area contributed by atoms with Gasteiger partial charge in [0.25, 0.3) is 0 Å². The first-order chi connectivity index (χ1) is 11.6. The molecule has 0 radical (unpaired) electrons. The molecule has 0 fully saturated rings. The number of ether oxygens (including phenoxy) is 1. The molecular formula is C18H17F2NO2S. The summed E-state index contributed by atoms with van der Waals surface area (Å²) in [6.45, 7) is 0.663. The summed E-state index contributed by atoms with van der Waals surface area (Å²) in [6.07, 6.45) is 1.80. The third-order valence-electron chi connectivity index (χ3n) is 3.96. The number of aryl methyl sites for hydroxylation is 1.